The molecule has 1 heterocycles. The van der Waals surface area contributed by atoms with E-state index >= 15 is 0 Å². The summed E-state index contributed by atoms with van der Waals surface area (Å²) < 4.78 is 22.7. The molecule has 0 aliphatic carbocycles. The summed E-state index contributed by atoms with van der Waals surface area (Å²) in [4.78, 5) is 16.2. The molecule has 7 heteroatoms. The Labute approximate surface area is 123 Å². The number of benzene rings is 1. The Bertz CT molecular complexity index is 801. The lowest BCUT2D eigenvalue weighted by molar-refractivity contribution is 0.102. The molecule has 110 valence electrons. The first-order valence-corrected chi connectivity index (χ1v) is 7.70. The Kier molecular flexibility index (Phi) is 4.06. The third-order valence-electron chi connectivity index (χ3n) is 2.91. The van der Waals surface area contributed by atoms with Crippen molar-refractivity contribution in [2.24, 2.45) is 5.14 Å². The summed E-state index contributed by atoms with van der Waals surface area (Å²) in [5, 5.41) is 7.73. The molecule has 0 saturated carbocycles. The molecule has 0 aliphatic rings. The summed E-state index contributed by atoms with van der Waals surface area (Å²) in [7, 11) is -3.82. The maximum Gasteiger partial charge on any atom is 0.274 e. The van der Waals surface area contributed by atoms with E-state index < -0.39 is 15.9 Å². The average Bonchev–Trinajstić information content (AvgIpc) is 2.40. The van der Waals surface area contributed by atoms with E-state index in [2.05, 4.69) is 10.3 Å². The zero-order chi connectivity index (χ0) is 15.6. The number of pyridine rings is 1. The third-order valence-corrected chi connectivity index (χ3v) is 3.82. The van der Waals surface area contributed by atoms with Crippen molar-refractivity contribution >= 4 is 21.6 Å². The van der Waals surface area contributed by atoms with Crippen LogP contribution in [-0.2, 0) is 10.0 Å². The Morgan fingerprint density at radius 1 is 1.19 bits per heavy atom. The first-order chi connectivity index (χ1) is 9.77. The lowest BCUT2D eigenvalue weighted by Gasteiger charge is -2.10. The second-order valence-corrected chi connectivity index (χ2v) is 6.20. The van der Waals surface area contributed by atoms with Crippen LogP contribution in [0.5, 0.6) is 0 Å². The first-order valence-electron chi connectivity index (χ1n) is 6.16. The number of hydrogen-bond acceptors (Lipinski definition) is 4. The van der Waals surface area contributed by atoms with Gasteiger partial charge in [0.2, 0.25) is 10.0 Å². The molecule has 21 heavy (non-hydrogen) atoms. The highest BCUT2D eigenvalue weighted by molar-refractivity contribution is 7.89. The number of hydrogen-bond donors (Lipinski definition) is 2. The van der Waals surface area contributed by atoms with E-state index in [1.54, 1.807) is 38.1 Å². The SMILES string of the molecule is Cc1cccc(C(=O)Nc2cc(S(N)(=O)=O)ccc2C)n1. The van der Waals surface area contributed by atoms with Gasteiger partial charge in [0.05, 0.1) is 4.90 Å². The number of aryl methyl sites for hydroxylation is 2. The molecule has 0 aliphatic heterocycles. The van der Waals surface area contributed by atoms with Gasteiger partial charge in [-0.05, 0) is 43.7 Å². The number of sulfonamides is 1. The Morgan fingerprint density at radius 3 is 2.52 bits per heavy atom. The second-order valence-electron chi connectivity index (χ2n) is 4.64. The van der Waals surface area contributed by atoms with Crippen LogP contribution in [0.25, 0.3) is 0 Å². The zero-order valence-electron chi connectivity index (χ0n) is 11.6. The number of nitrogens with one attached hydrogen (secondary N) is 1. The van der Waals surface area contributed by atoms with Crippen LogP contribution in [0, 0.1) is 13.8 Å². The molecule has 0 unspecified atom stereocenters. The maximum atomic E-state index is 12.1. The Balaban J connectivity index is 2.33. The van der Waals surface area contributed by atoms with Crippen molar-refractivity contribution in [2.75, 3.05) is 5.32 Å². The van der Waals surface area contributed by atoms with E-state index in [0.29, 0.717) is 5.69 Å². The summed E-state index contributed by atoms with van der Waals surface area (Å²) in [6.07, 6.45) is 0. The van der Waals surface area contributed by atoms with Crippen molar-refractivity contribution in [3.63, 3.8) is 0 Å². The van der Waals surface area contributed by atoms with Crippen LogP contribution in [0.1, 0.15) is 21.7 Å². The molecule has 2 aromatic rings. The molecule has 0 spiro atoms. The molecule has 6 nitrogen and oxygen atoms in total. The lowest BCUT2D eigenvalue weighted by Crippen LogP contribution is -2.16. The van der Waals surface area contributed by atoms with Gasteiger partial charge < -0.3 is 5.32 Å². The summed E-state index contributed by atoms with van der Waals surface area (Å²) in [6, 6.07) is 9.40. The minimum absolute atomic E-state index is 0.0550. The smallest absolute Gasteiger partial charge is 0.274 e. The highest BCUT2D eigenvalue weighted by Gasteiger charge is 2.13. The minimum Gasteiger partial charge on any atom is -0.320 e. The average molecular weight is 305 g/mol. The fraction of sp³-hybridized carbons (Fsp3) is 0.143. The summed E-state index contributed by atoms with van der Waals surface area (Å²) >= 11 is 0. The molecular weight excluding hydrogens is 290 g/mol. The zero-order valence-corrected chi connectivity index (χ0v) is 12.4. The number of aromatic nitrogens is 1. The van der Waals surface area contributed by atoms with E-state index in [1.165, 1.54) is 12.1 Å². The summed E-state index contributed by atoms with van der Waals surface area (Å²) in [5.74, 6) is -0.409. The van der Waals surface area contributed by atoms with Crippen molar-refractivity contribution in [3.8, 4) is 0 Å². The van der Waals surface area contributed by atoms with Crippen LogP contribution >= 0.6 is 0 Å². The number of primary sulfonamides is 1. The number of amides is 1. The van der Waals surface area contributed by atoms with Gasteiger partial charge in [-0.15, -0.1) is 0 Å². The highest BCUT2D eigenvalue weighted by Crippen LogP contribution is 2.20. The van der Waals surface area contributed by atoms with Crippen LogP contribution in [0.4, 0.5) is 5.69 Å². The fourth-order valence-corrected chi connectivity index (χ4v) is 2.31. The monoisotopic (exact) mass is 305 g/mol. The predicted octanol–water partition coefficient (Wildman–Crippen LogP) is 1.60. The lowest BCUT2D eigenvalue weighted by atomic mass is 10.2. The van der Waals surface area contributed by atoms with Crippen LogP contribution in [0.2, 0.25) is 0 Å². The summed E-state index contributed by atoms with van der Waals surface area (Å²) in [5.41, 5.74) is 2.09. The molecular formula is C14H15N3O3S. The van der Waals surface area contributed by atoms with Gasteiger partial charge in [0.25, 0.3) is 5.91 Å². The number of anilines is 1. The fourth-order valence-electron chi connectivity index (χ4n) is 1.77. The molecule has 0 saturated heterocycles. The normalized spacial score (nSPS) is 11.2. The van der Waals surface area contributed by atoms with Crippen LogP contribution in [0.15, 0.2) is 41.3 Å². The third kappa shape index (κ3) is 3.65. The molecule has 3 N–H and O–H groups in total. The number of carbonyl (C=O) groups is 1. The number of nitrogens with zero attached hydrogens (tertiary/aromatic N) is 1. The van der Waals surface area contributed by atoms with Gasteiger partial charge in [0.1, 0.15) is 5.69 Å². The van der Waals surface area contributed by atoms with Crippen molar-refractivity contribution in [2.45, 2.75) is 18.7 Å². The van der Waals surface area contributed by atoms with Crippen molar-refractivity contribution in [1.29, 1.82) is 0 Å². The van der Waals surface area contributed by atoms with Gasteiger partial charge in [0, 0.05) is 11.4 Å². The van der Waals surface area contributed by atoms with Gasteiger partial charge in [-0.1, -0.05) is 12.1 Å². The van der Waals surface area contributed by atoms with Crippen molar-refractivity contribution < 1.29 is 13.2 Å². The molecule has 1 aromatic heterocycles. The van der Waals surface area contributed by atoms with E-state index in [0.717, 1.165) is 11.3 Å². The largest absolute Gasteiger partial charge is 0.320 e. The van der Waals surface area contributed by atoms with Gasteiger partial charge >= 0.3 is 0 Å². The molecule has 0 radical (unpaired) electrons. The molecule has 2 rings (SSSR count). The summed E-state index contributed by atoms with van der Waals surface area (Å²) in [6.45, 7) is 3.54. The van der Waals surface area contributed by atoms with E-state index in [9.17, 15) is 13.2 Å². The Hall–Kier alpha value is -2.25. The van der Waals surface area contributed by atoms with E-state index in [-0.39, 0.29) is 10.6 Å². The van der Waals surface area contributed by atoms with Crippen LogP contribution < -0.4 is 10.5 Å². The van der Waals surface area contributed by atoms with Crippen molar-refractivity contribution in [3.05, 3.63) is 53.3 Å². The van der Waals surface area contributed by atoms with Crippen molar-refractivity contribution in [1.82, 2.24) is 4.98 Å². The number of rotatable bonds is 3. The van der Waals surface area contributed by atoms with Crippen LogP contribution in [-0.4, -0.2) is 19.3 Å². The minimum atomic E-state index is -3.82. The maximum absolute atomic E-state index is 12.1. The molecule has 0 atom stereocenters. The van der Waals surface area contributed by atoms with Gasteiger partial charge in [-0.25, -0.2) is 18.5 Å². The molecule has 1 aromatic carbocycles. The van der Waals surface area contributed by atoms with Gasteiger partial charge in [-0.2, -0.15) is 0 Å². The van der Waals surface area contributed by atoms with Gasteiger partial charge in [0.15, 0.2) is 0 Å². The predicted molar refractivity (Wildman–Crippen MR) is 79.5 cm³/mol. The van der Waals surface area contributed by atoms with E-state index in [1.807, 2.05) is 0 Å². The number of carbonyl (C=O) groups excluding carboxylic acids is 1. The number of nitrogens with two attached hydrogens (primary N) is 1. The molecule has 1 amide bonds. The molecule has 0 fully saturated rings. The first kappa shape index (κ1) is 15.1. The second kappa shape index (κ2) is 5.63. The topological polar surface area (TPSA) is 102 Å². The Morgan fingerprint density at radius 2 is 1.90 bits per heavy atom. The van der Waals surface area contributed by atoms with Crippen LogP contribution in [0.3, 0.4) is 0 Å². The van der Waals surface area contributed by atoms with Gasteiger partial charge in [-0.3, -0.25) is 4.79 Å². The van der Waals surface area contributed by atoms with E-state index in [4.69, 9.17) is 5.14 Å². The highest BCUT2D eigenvalue weighted by atomic mass is 32.2. The quantitative estimate of drug-likeness (QED) is 0.899. The standard InChI is InChI=1S/C14H15N3O3S/c1-9-6-7-11(21(15,19)20)8-13(9)17-14(18)12-5-3-4-10(2)16-12/h3-8H,1-2H3,(H,17,18)(H2,15,19,20). The molecule has 0 bridgehead atoms.